The molecule has 4 rings (SSSR count). The van der Waals surface area contributed by atoms with Gasteiger partial charge < -0.3 is 15.5 Å². The van der Waals surface area contributed by atoms with Gasteiger partial charge in [0, 0.05) is 31.9 Å². The van der Waals surface area contributed by atoms with E-state index >= 15 is 0 Å². The van der Waals surface area contributed by atoms with Gasteiger partial charge in [-0.1, -0.05) is 25.1 Å². The van der Waals surface area contributed by atoms with E-state index in [0.717, 1.165) is 18.4 Å². The molecule has 1 aromatic carbocycles. The molecule has 3 aliphatic rings. The minimum absolute atomic E-state index is 0.192. The molecule has 4 unspecified atom stereocenters. The molecule has 0 amide bonds. The fourth-order valence-corrected chi connectivity index (χ4v) is 4.98. The average molecular weight is 285 g/mol. The number of benzene rings is 1. The molecule has 2 saturated heterocycles. The zero-order valence-corrected chi connectivity index (χ0v) is 13.1. The highest BCUT2D eigenvalue weighted by Gasteiger charge is 2.50. The van der Waals surface area contributed by atoms with Gasteiger partial charge in [0.1, 0.15) is 0 Å². The maximum absolute atomic E-state index is 6.40. The summed E-state index contributed by atoms with van der Waals surface area (Å²) in [4.78, 5) is 5.34. The SMILES string of the molecule is CC1Cc2ccccc2N(C2(CN)CCN3CCC2C3)C1. The molecule has 3 heteroatoms. The van der Waals surface area contributed by atoms with Crippen molar-refractivity contribution in [2.45, 2.75) is 31.7 Å². The first-order valence-corrected chi connectivity index (χ1v) is 8.51. The summed E-state index contributed by atoms with van der Waals surface area (Å²) in [5.41, 5.74) is 9.57. The summed E-state index contributed by atoms with van der Waals surface area (Å²) in [6.45, 7) is 8.11. The lowest BCUT2D eigenvalue weighted by Gasteiger charge is -2.54. The van der Waals surface area contributed by atoms with Crippen molar-refractivity contribution in [1.29, 1.82) is 0 Å². The van der Waals surface area contributed by atoms with Crippen molar-refractivity contribution in [2.75, 3.05) is 37.6 Å². The second-order valence-corrected chi connectivity index (χ2v) is 7.39. The first kappa shape index (κ1) is 13.6. The second kappa shape index (κ2) is 4.99. The average Bonchev–Trinajstić information content (AvgIpc) is 2.91. The van der Waals surface area contributed by atoms with E-state index in [2.05, 4.69) is 41.0 Å². The van der Waals surface area contributed by atoms with Crippen LogP contribution in [0.25, 0.3) is 0 Å². The van der Waals surface area contributed by atoms with Crippen LogP contribution in [0.15, 0.2) is 24.3 Å². The molecular formula is C18H27N3. The van der Waals surface area contributed by atoms with Gasteiger partial charge in [0.05, 0.1) is 5.54 Å². The van der Waals surface area contributed by atoms with Gasteiger partial charge in [-0.15, -0.1) is 0 Å². The quantitative estimate of drug-likeness (QED) is 0.903. The van der Waals surface area contributed by atoms with Crippen LogP contribution in [0.4, 0.5) is 5.69 Å². The highest BCUT2D eigenvalue weighted by atomic mass is 15.3. The predicted octanol–water partition coefficient (Wildman–Crippen LogP) is 2.11. The van der Waals surface area contributed by atoms with Crippen molar-refractivity contribution >= 4 is 5.69 Å². The van der Waals surface area contributed by atoms with E-state index < -0.39 is 0 Å². The fourth-order valence-electron chi connectivity index (χ4n) is 4.98. The summed E-state index contributed by atoms with van der Waals surface area (Å²) in [7, 11) is 0. The number of anilines is 1. The van der Waals surface area contributed by atoms with Crippen LogP contribution in [0.5, 0.6) is 0 Å². The zero-order chi connectivity index (χ0) is 14.4. The Morgan fingerprint density at radius 1 is 1.24 bits per heavy atom. The smallest absolute Gasteiger partial charge is 0.0577 e. The fraction of sp³-hybridized carbons (Fsp3) is 0.667. The molecule has 0 saturated carbocycles. The maximum atomic E-state index is 6.40. The minimum atomic E-state index is 0.192. The first-order valence-electron chi connectivity index (χ1n) is 8.51. The molecule has 4 atom stereocenters. The molecule has 2 fully saturated rings. The van der Waals surface area contributed by atoms with Crippen LogP contribution in [-0.4, -0.2) is 43.2 Å². The number of nitrogens with zero attached hydrogens (tertiary/aromatic N) is 2. The van der Waals surface area contributed by atoms with E-state index in [-0.39, 0.29) is 5.54 Å². The summed E-state index contributed by atoms with van der Waals surface area (Å²) in [5.74, 6) is 1.47. The predicted molar refractivity (Wildman–Crippen MR) is 87.6 cm³/mol. The topological polar surface area (TPSA) is 32.5 Å². The van der Waals surface area contributed by atoms with Crippen LogP contribution in [0, 0.1) is 11.8 Å². The van der Waals surface area contributed by atoms with Crippen molar-refractivity contribution < 1.29 is 0 Å². The van der Waals surface area contributed by atoms with Crippen molar-refractivity contribution in [3.63, 3.8) is 0 Å². The number of fused-ring (bicyclic) bond motifs is 3. The molecule has 2 N–H and O–H groups in total. The minimum Gasteiger partial charge on any atom is -0.364 e. The lowest BCUT2D eigenvalue weighted by atomic mass is 9.75. The third-order valence-electron chi connectivity index (χ3n) is 6.13. The van der Waals surface area contributed by atoms with Crippen molar-refractivity contribution in [3.05, 3.63) is 29.8 Å². The number of para-hydroxylation sites is 1. The molecule has 0 spiro atoms. The van der Waals surface area contributed by atoms with Gasteiger partial charge in [-0.3, -0.25) is 0 Å². The summed E-state index contributed by atoms with van der Waals surface area (Å²) in [6.07, 6.45) is 3.77. The normalized spacial score (nSPS) is 38.4. The largest absolute Gasteiger partial charge is 0.364 e. The Kier molecular flexibility index (Phi) is 3.23. The number of piperidine rings is 1. The number of hydrogen-bond donors (Lipinski definition) is 1. The highest BCUT2D eigenvalue weighted by molar-refractivity contribution is 5.58. The zero-order valence-electron chi connectivity index (χ0n) is 13.1. The lowest BCUT2D eigenvalue weighted by molar-refractivity contribution is 0.157. The molecule has 3 aliphatic heterocycles. The van der Waals surface area contributed by atoms with Gasteiger partial charge in [-0.2, -0.15) is 0 Å². The molecule has 0 aromatic heterocycles. The van der Waals surface area contributed by atoms with Gasteiger partial charge >= 0.3 is 0 Å². The van der Waals surface area contributed by atoms with E-state index in [9.17, 15) is 0 Å². The Bertz CT molecular complexity index is 529. The Morgan fingerprint density at radius 3 is 2.95 bits per heavy atom. The molecule has 114 valence electrons. The molecule has 2 bridgehead atoms. The van der Waals surface area contributed by atoms with Crippen LogP contribution in [0.1, 0.15) is 25.3 Å². The third kappa shape index (κ3) is 2.01. The lowest BCUT2D eigenvalue weighted by Crippen LogP contribution is -2.64. The van der Waals surface area contributed by atoms with Gasteiger partial charge in [0.25, 0.3) is 0 Å². The Balaban J connectivity index is 1.77. The van der Waals surface area contributed by atoms with Crippen LogP contribution in [-0.2, 0) is 6.42 Å². The molecule has 0 aliphatic carbocycles. The number of nitrogens with two attached hydrogens (primary N) is 1. The summed E-state index contributed by atoms with van der Waals surface area (Å²) in [5, 5.41) is 0. The van der Waals surface area contributed by atoms with Crippen LogP contribution in [0.2, 0.25) is 0 Å². The summed E-state index contributed by atoms with van der Waals surface area (Å²) < 4.78 is 0. The number of rotatable bonds is 2. The number of hydrogen-bond acceptors (Lipinski definition) is 3. The van der Waals surface area contributed by atoms with E-state index in [1.165, 1.54) is 56.7 Å². The van der Waals surface area contributed by atoms with Crippen LogP contribution < -0.4 is 10.6 Å². The van der Waals surface area contributed by atoms with Crippen LogP contribution in [0.3, 0.4) is 0 Å². The Labute approximate surface area is 128 Å². The highest BCUT2D eigenvalue weighted by Crippen LogP contribution is 2.44. The Hall–Kier alpha value is -1.06. The van der Waals surface area contributed by atoms with E-state index in [1.54, 1.807) is 0 Å². The second-order valence-electron chi connectivity index (χ2n) is 7.39. The molecule has 21 heavy (non-hydrogen) atoms. The first-order chi connectivity index (χ1) is 10.2. The van der Waals surface area contributed by atoms with Crippen molar-refractivity contribution in [3.8, 4) is 0 Å². The third-order valence-corrected chi connectivity index (χ3v) is 6.13. The molecule has 3 nitrogen and oxygen atoms in total. The van der Waals surface area contributed by atoms with E-state index in [4.69, 9.17) is 5.73 Å². The van der Waals surface area contributed by atoms with Crippen LogP contribution >= 0.6 is 0 Å². The monoisotopic (exact) mass is 285 g/mol. The Morgan fingerprint density at radius 2 is 2.10 bits per heavy atom. The maximum Gasteiger partial charge on any atom is 0.0577 e. The molecule has 1 aromatic rings. The van der Waals surface area contributed by atoms with E-state index in [1.807, 2.05) is 0 Å². The van der Waals surface area contributed by atoms with Gasteiger partial charge in [0.2, 0.25) is 0 Å². The van der Waals surface area contributed by atoms with Gasteiger partial charge in [0.15, 0.2) is 0 Å². The van der Waals surface area contributed by atoms with Crippen molar-refractivity contribution in [1.82, 2.24) is 4.90 Å². The summed E-state index contributed by atoms with van der Waals surface area (Å²) >= 11 is 0. The molecular weight excluding hydrogens is 258 g/mol. The van der Waals surface area contributed by atoms with Gasteiger partial charge in [-0.25, -0.2) is 0 Å². The van der Waals surface area contributed by atoms with E-state index in [0.29, 0.717) is 0 Å². The molecule has 3 heterocycles. The van der Waals surface area contributed by atoms with Gasteiger partial charge in [-0.05, 0) is 49.3 Å². The molecule has 0 radical (unpaired) electrons. The summed E-state index contributed by atoms with van der Waals surface area (Å²) in [6, 6.07) is 9.00. The standard InChI is InChI=1S/C18H27N3/c1-14-10-15-4-2-3-5-17(15)21(11-14)18(13-19)7-9-20-8-6-16(18)12-20/h2-5,14,16H,6-13,19H2,1H3. The van der Waals surface area contributed by atoms with Crippen molar-refractivity contribution in [2.24, 2.45) is 17.6 Å².